The summed E-state index contributed by atoms with van der Waals surface area (Å²) in [5.41, 5.74) is 6.15. The Labute approximate surface area is 118 Å². The molecule has 1 atom stereocenters. The van der Waals surface area contributed by atoms with Crippen molar-refractivity contribution in [1.82, 2.24) is 9.71 Å². The highest BCUT2D eigenvalue weighted by Crippen LogP contribution is 2.10. The Kier molecular flexibility index (Phi) is 4.63. The molecule has 20 heavy (non-hydrogen) atoms. The van der Waals surface area contributed by atoms with E-state index >= 15 is 0 Å². The van der Waals surface area contributed by atoms with E-state index in [1.54, 1.807) is 0 Å². The van der Waals surface area contributed by atoms with Crippen molar-refractivity contribution in [2.24, 2.45) is 5.73 Å². The molecular formula is C13H16BN3O3. The first-order valence-corrected chi connectivity index (χ1v) is 6.34. The largest absolute Gasteiger partial charge is 0.445 e. The van der Waals surface area contributed by atoms with Crippen LogP contribution in [0.3, 0.4) is 0 Å². The summed E-state index contributed by atoms with van der Waals surface area (Å²) in [4.78, 5) is 26.0. The predicted octanol–water partition coefficient (Wildman–Crippen LogP) is -0.122. The molecule has 1 aromatic rings. The van der Waals surface area contributed by atoms with Crippen LogP contribution >= 0.6 is 0 Å². The summed E-state index contributed by atoms with van der Waals surface area (Å²) in [7, 11) is 5.66. The lowest BCUT2D eigenvalue weighted by molar-refractivity contribution is -0.123. The molecule has 0 spiro atoms. The van der Waals surface area contributed by atoms with Gasteiger partial charge in [-0.3, -0.25) is 4.79 Å². The summed E-state index contributed by atoms with van der Waals surface area (Å²) in [5.74, 6) is -0.548. The maximum atomic E-state index is 11.9. The molecule has 2 rings (SSSR count). The summed E-state index contributed by atoms with van der Waals surface area (Å²) < 4.78 is 5.21. The van der Waals surface area contributed by atoms with Gasteiger partial charge in [0.2, 0.25) is 5.91 Å². The molecule has 1 heterocycles. The van der Waals surface area contributed by atoms with Gasteiger partial charge in [0.05, 0.1) is 6.04 Å². The van der Waals surface area contributed by atoms with Crippen LogP contribution in [-0.2, 0) is 16.1 Å². The van der Waals surface area contributed by atoms with Crippen LogP contribution in [0.5, 0.6) is 0 Å². The molecule has 1 aliphatic heterocycles. The Hall–Kier alpha value is -2.02. The Morgan fingerprint density at radius 1 is 1.30 bits per heavy atom. The molecule has 6 nitrogen and oxygen atoms in total. The van der Waals surface area contributed by atoms with Crippen molar-refractivity contribution >= 4 is 20.0 Å². The number of nitrogens with two attached hydrogens (primary N) is 1. The molecule has 1 fully saturated rings. The van der Waals surface area contributed by atoms with E-state index < -0.39 is 18.0 Å². The van der Waals surface area contributed by atoms with E-state index in [0.717, 1.165) is 5.56 Å². The molecular weight excluding hydrogens is 257 g/mol. The third-order valence-electron chi connectivity index (χ3n) is 3.21. The molecule has 2 radical (unpaired) electrons. The Balaban J connectivity index is 1.88. The molecule has 0 saturated carbocycles. The third-order valence-corrected chi connectivity index (χ3v) is 3.21. The van der Waals surface area contributed by atoms with E-state index in [4.69, 9.17) is 18.5 Å². The van der Waals surface area contributed by atoms with Crippen LogP contribution in [0.2, 0.25) is 0 Å². The second-order valence-corrected chi connectivity index (χ2v) is 4.64. The minimum atomic E-state index is -0.673. The summed E-state index contributed by atoms with van der Waals surface area (Å²) in [6, 6.07) is 8.71. The molecule has 1 unspecified atom stereocenters. The van der Waals surface area contributed by atoms with E-state index in [2.05, 4.69) is 0 Å². The number of benzene rings is 1. The molecule has 2 N–H and O–H groups in total. The monoisotopic (exact) mass is 273 g/mol. The third kappa shape index (κ3) is 3.51. The average Bonchev–Trinajstić information content (AvgIpc) is 2.46. The topological polar surface area (TPSA) is 75.9 Å². The highest BCUT2D eigenvalue weighted by Gasteiger charge is 2.31. The van der Waals surface area contributed by atoms with Crippen molar-refractivity contribution in [2.45, 2.75) is 12.6 Å². The van der Waals surface area contributed by atoms with Gasteiger partial charge in [-0.05, 0) is 5.56 Å². The van der Waals surface area contributed by atoms with Crippen LogP contribution in [0, 0.1) is 0 Å². The number of amides is 2. The fraction of sp³-hybridized carbons (Fsp3) is 0.385. The molecule has 0 aliphatic carbocycles. The molecule has 1 saturated heterocycles. The molecule has 7 heteroatoms. The van der Waals surface area contributed by atoms with Gasteiger partial charge in [0.15, 0.2) is 7.98 Å². The van der Waals surface area contributed by atoms with E-state index in [9.17, 15) is 9.59 Å². The van der Waals surface area contributed by atoms with Gasteiger partial charge in [0, 0.05) is 19.6 Å². The normalized spacial score (nSPS) is 19.6. The first kappa shape index (κ1) is 14.4. The highest BCUT2D eigenvalue weighted by molar-refractivity contribution is 6.07. The summed E-state index contributed by atoms with van der Waals surface area (Å²) in [6.07, 6.45) is -0.465. The standard InChI is InChI=1S/C13H16BN3O3/c14-17-7-6-16(8-11(17)12(15)18)13(19)20-9-10-4-2-1-3-5-10/h1-5,11H,6-9H2,(H2,15,18). The van der Waals surface area contributed by atoms with Crippen molar-refractivity contribution in [2.75, 3.05) is 19.6 Å². The van der Waals surface area contributed by atoms with Crippen LogP contribution < -0.4 is 5.73 Å². The van der Waals surface area contributed by atoms with Crippen LogP contribution in [0.1, 0.15) is 5.56 Å². The van der Waals surface area contributed by atoms with Crippen molar-refractivity contribution in [3.05, 3.63) is 35.9 Å². The average molecular weight is 273 g/mol. The number of piperazine rings is 1. The zero-order valence-electron chi connectivity index (χ0n) is 11.1. The maximum Gasteiger partial charge on any atom is 0.410 e. The Morgan fingerprint density at radius 2 is 2.00 bits per heavy atom. The number of primary amides is 1. The van der Waals surface area contributed by atoms with Gasteiger partial charge in [-0.25, -0.2) is 4.79 Å². The second-order valence-electron chi connectivity index (χ2n) is 4.64. The molecule has 104 valence electrons. The first-order chi connectivity index (χ1) is 9.58. The fourth-order valence-electron chi connectivity index (χ4n) is 2.03. The first-order valence-electron chi connectivity index (χ1n) is 6.34. The predicted molar refractivity (Wildman–Crippen MR) is 73.6 cm³/mol. The number of carbonyl (C=O) groups is 2. The number of ether oxygens (including phenoxy) is 1. The lowest BCUT2D eigenvalue weighted by atomic mass is 10.1. The van der Waals surface area contributed by atoms with E-state index in [1.165, 1.54) is 9.71 Å². The quantitative estimate of drug-likeness (QED) is 0.779. The van der Waals surface area contributed by atoms with Crippen LogP contribution in [0.25, 0.3) is 0 Å². The lowest BCUT2D eigenvalue weighted by Crippen LogP contribution is -2.58. The lowest BCUT2D eigenvalue weighted by Gasteiger charge is -2.37. The highest BCUT2D eigenvalue weighted by atomic mass is 16.6. The van der Waals surface area contributed by atoms with Crippen molar-refractivity contribution in [1.29, 1.82) is 0 Å². The van der Waals surface area contributed by atoms with Gasteiger partial charge in [0.1, 0.15) is 6.61 Å². The van der Waals surface area contributed by atoms with Crippen LogP contribution in [0.4, 0.5) is 4.79 Å². The number of rotatable bonds is 3. The fourth-order valence-corrected chi connectivity index (χ4v) is 2.03. The smallest absolute Gasteiger partial charge is 0.410 e. The summed E-state index contributed by atoms with van der Waals surface area (Å²) >= 11 is 0. The van der Waals surface area contributed by atoms with Gasteiger partial charge in [-0.15, -0.1) is 0 Å². The van der Waals surface area contributed by atoms with Crippen molar-refractivity contribution in [3.8, 4) is 0 Å². The Bertz CT molecular complexity index is 483. The SMILES string of the molecule is [B]N1CCN(C(=O)OCc2ccccc2)CC1C(N)=O. The van der Waals surface area contributed by atoms with E-state index in [0.29, 0.717) is 13.1 Å². The Morgan fingerprint density at radius 3 is 2.65 bits per heavy atom. The number of nitrogens with zero attached hydrogens (tertiary/aromatic N) is 2. The molecule has 0 bridgehead atoms. The van der Waals surface area contributed by atoms with Gasteiger partial charge >= 0.3 is 6.09 Å². The number of carbonyl (C=O) groups excluding carboxylic acids is 2. The van der Waals surface area contributed by atoms with Crippen molar-refractivity contribution in [3.63, 3.8) is 0 Å². The second kappa shape index (κ2) is 6.43. The van der Waals surface area contributed by atoms with E-state index in [-0.39, 0.29) is 13.2 Å². The molecule has 0 aromatic heterocycles. The van der Waals surface area contributed by atoms with Gasteiger partial charge < -0.3 is 20.2 Å². The van der Waals surface area contributed by atoms with Gasteiger partial charge in [-0.2, -0.15) is 0 Å². The van der Waals surface area contributed by atoms with E-state index in [1.807, 2.05) is 30.3 Å². The van der Waals surface area contributed by atoms with Gasteiger partial charge in [-0.1, -0.05) is 30.3 Å². The number of hydrogen-bond donors (Lipinski definition) is 1. The zero-order chi connectivity index (χ0) is 14.5. The van der Waals surface area contributed by atoms with Crippen LogP contribution in [-0.4, -0.2) is 55.4 Å². The summed E-state index contributed by atoms with van der Waals surface area (Å²) in [6.45, 7) is 1.14. The van der Waals surface area contributed by atoms with Crippen LogP contribution in [0.15, 0.2) is 30.3 Å². The maximum absolute atomic E-state index is 11.9. The van der Waals surface area contributed by atoms with Crippen molar-refractivity contribution < 1.29 is 14.3 Å². The summed E-state index contributed by atoms with van der Waals surface area (Å²) in [5, 5.41) is 0. The zero-order valence-corrected chi connectivity index (χ0v) is 11.1. The minimum absolute atomic E-state index is 0.152. The number of hydrogen-bond acceptors (Lipinski definition) is 4. The minimum Gasteiger partial charge on any atom is -0.445 e. The molecule has 2 amide bonds. The molecule has 1 aromatic carbocycles. The molecule has 1 aliphatic rings. The van der Waals surface area contributed by atoms with Gasteiger partial charge in [0.25, 0.3) is 0 Å².